The first-order valence-electron chi connectivity index (χ1n) is 8.37. The van der Waals surface area contributed by atoms with Crippen molar-refractivity contribution >= 4 is 5.91 Å². The van der Waals surface area contributed by atoms with Gasteiger partial charge in [-0.25, -0.2) is 0 Å². The van der Waals surface area contributed by atoms with Crippen molar-refractivity contribution in [2.75, 3.05) is 0 Å². The van der Waals surface area contributed by atoms with Gasteiger partial charge >= 0.3 is 0 Å². The summed E-state index contributed by atoms with van der Waals surface area (Å²) in [6.07, 6.45) is 6.07. The van der Waals surface area contributed by atoms with E-state index in [1.165, 1.54) is 12.8 Å². The van der Waals surface area contributed by atoms with Gasteiger partial charge in [-0.3, -0.25) is 9.59 Å². The Hall–Kier alpha value is -1.72. The summed E-state index contributed by atoms with van der Waals surface area (Å²) in [5.74, 6) is 1.60. The van der Waals surface area contributed by atoms with E-state index >= 15 is 0 Å². The molecule has 0 aliphatic heterocycles. The smallest absolute Gasteiger partial charge is 0.275 e. The molecule has 3 atom stereocenters. The van der Waals surface area contributed by atoms with Crippen LogP contribution in [0.1, 0.15) is 75.9 Å². The minimum absolute atomic E-state index is 0.0282. The average molecular weight is 304 g/mol. The molecule has 0 aromatic carbocycles. The first-order valence-corrected chi connectivity index (χ1v) is 8.37. The van der Waals surface area contributed by atoms with Crippen LogP contribution in [0.15, 0.2) is 4.79 Å². The molecule has 2 saturated carbocycles. The lowest BCUT2D eigenvalue weighted by molar-refractivity contribution is -0.123. The number of hydrogen-bond donors (Lipinski definition) is 2. The SMILES string of the molecule is CCC(NC(=O)C1CC1C)c1nnc(C2CCCC2)[nH]c1=O. The summed E-state index contributed by atoms with van der Waals surface area (Å²) in [5, 5.41) is 11.3. The predicted octanol–water partition coefficient (Wildman–Crippen LogP) is 2.05. The zero-order valence-corrected chi connectivity index (χ0v) is 13.3. The number of aromatic nitrogens is 3. The van der Waals surface area contributed by atoms with E-state index in [9.17, 15) is 9.59 Å². The van der Waals surface area contributed by atoms with E-state index in [0.717, 1.165) is 19.3 Å². The fourth-order valence-electron chi connectivity index (χ4n) is 3.30. The number of H-pyrrole nitrogens is 1. The van der Waals surface area contributed by atoms with Crippen molar-refractivity contribution in [3.63, 3.8) is 0 Å². The number of nitrogens with one attached hydrogen (secondary N) is 2. The van der Waals surface area contributed by atoms with Crippen molar-refractivity contribution in [1.82, 2.24) is 20.5 Å². The summed E-state index contributed by atoms with van der Waals surface area (Å²) in [4.78, 5) is 27.3. The van der Waals surface area contributed by atoms with E-state index < -0.39 is 0 Å². The zero-order valence-electron chi connectivity index (χ0n) is 13.3. The molecule has 2 aliphatic rings. The normalized spacial score (nSPS) is 25.9. The number of nitrogens with zero attached hydrogens (tertiary/aromatic N) is 2. The largest absolute Gasteiger partial charge is 0.347 e. The van der Waals surface area contributed by atoms with Gasteiger partial charge in [0.15, 0.2) is 5.69 Å². The monoisotopic (exact) mass is 304 g/mol. The van der Waals surface area contributed by atoms with Crippen LogP contribution in [0.2, 0.25) is 0 Å². The van der Waals surface area contributed by atoms with Crippen molar-refractivity contribution < 1.29 is 4.79 Å². The van der Waals surface area contributed by atoms with Gasteiger partial charge < -0.3 is 10.3 Å². The molecule has 1 aromatic rings. The Morgan fingerprint density at radius 2 is 2.05 bits per heavy atom. The molecule has 22 heavy (non-hydrogen) atoms. The lowest BCUT2D eigenvalue weighted by atomic mass is 10.1. The van der Waals surface area contributed by atoms with Gasteiger partial charge in [0, 0.05) is 11.8 Å². The first-order chi connectivity index (χ1) is 10.6. The molecule has 2 fully saturated rings. The van der Waals surface area contributed by atoms with Gasteiger partial charge in [-0.2, -0.15) is 0 Å². The van der Waals surface area contributed by atoms with Gasteiger partial charge in [-0.05, 0) is 31.6 Å². The van der Waals surface area contributed by atoms with Crippen molar-refractivity contribution in [3.8, 4) is 0 Å². The molecular weight excluding hydrogens is 280 g/mol. The molecule has 6 heteroatoms. The number of hydrogen-bond acceptors (Lipinski definition) is 4. The van der Waals surface area contributed by atoms with Crippen LogP contribution in [0.5, 0.6) is 0 Å². The number of carbonyl (C=O) groups is 1. The first kappa shape index (κ1) is 15.2. The van der Waals surface area contributed by atoms with Crippen LogP contribution in [-0.2, 0) is 4.79 Å². The van der Waals surface area contributed by atoms with Crippen LogP contribution in [0.3, 0.4) is 0 Å². The summed E-state index contributed by atoms with van der Waals surface area (Å²) in [6.45, 7) is 4.00. The van der Waals surface area contributed by atoms with Crippen molar-refractivity contribution in [1.29, 1.82) is 0 Å². The lowest BCUT2D eigenvalue weighted by Gasteiger charge is -2.16. The van der Waals surface area contributed by atoms with Gasteiger partial charge in [-0.1, -0.05) is 26.7 Å². The van der Waals surface area contributed by atoms with Gasteiger partial charge in [-0.15, -0.1) is 10.2 Å². The summed E-state index contributed by atoms with van der Waals surface area (Å²) in [5.41, 5.74) is 0.110. The molecule has 3 rings (SSSR count). The van der Waals surface area contributed by atoms with Crippen LogP contribution < -0.4 is 10.9 Å². The molecule has 2 aliphatic carbocycles. The van der Waals surface area contributed by atoms with Crippen molar-refractivity contribution in [2.45, 2.75) is 64.3 Å². The molecule has 0 spiro atoms. The fraction of sp³-hybridized carbons (Fsp3) is 0.750. The van der Waals surface area contributed by atoms with Crippen LogP contribution in [0.25, 0.3) is 0 Å². The van der Waals surface area contributed by atoms with Crippen LogP contribution in [-0.4, -0.2) is 21.1 Å². The summed E-state index contributed by atoms with van der Waals surface area (Å²) >= 11 is 0. The standard InChI is InChI=1S/C16H24N4O2/c1-3-12(17-15(21)11-8-9(11)2)13-16(22)18-14(20-19-13)10-6-4-5-7-10/h9-12H,3-8H2,1-2H3,(H,17,21)(H,18,20,22). The lowest BCUT2D eigenvalue weighted by Crippen LogP contribution is -2.35. The minimum atomic E-state index is -0.353. The van der Waals surface area contributed by atoms with E-state index in [2.05, 4.69) is 27.4 Å². The maximum Gasteiger partial charge on any atom is 0.275 e. The number of carbonyl (C=O) groups excluding carboxylic acids is 1. The average Bonchev–Trinajstić information content (AvgIpc) is 3.02. The fourth-order valence-corrected chi connectivity index (χ4v) is 3.30. The van der Waals surface area contributed by atoms with Gasteiger partial charge in [0.25, 0.3) is 5.56 Å². The van der Waals surface area contributed by atoms with E-state index in [1.54, 1.807) is 0 Å². The molecule has 120 valence electrons. The van der Waals surface area contributed by atoms with Crippen molar-refractivity contribution in [3.05, 3.63) is 21.9 Å². The van der Waals surface area contributed by atoms with Gasteiger partial charge in [0.05, 0.1) is 6.04 Å². The van der Waals surface area contributed by atoms with Crippen LogP contribution in [0.4, 0.5) is 0 Å². The third-order valence-electron chi connectivity index (χ3n) is 4.98. The quantitative estimate of drug-likeness (QED) is 0.871. The molecule has 0 radical (unpaired) electrons. The molecular formula is C16H24N4O2. The van der Waals surface area contributed by atoms with Crippen LogP contribution >= 0.6 is 0 Å². The highest BCUT2D eigenvalue weighted by molar-refractivity contribution is 5.81. The molecule has 1 amide bonds. The Balaban J connectivity index is 1.74. The second-order valence-corrected chi connectivity index (χ2v) is 6.69. The van der Waals surface area contributed by atoms with Crippen LogP contribution in [0, 0.1) is 11.8 Å². The summed E-state index contributed by atoms with van der Waals surface area (Å²) in [6, 6.07) is -0.353. The molecule has 6 nitrogen and oxygen atoms in total. The molecule has 1 heterocycles. The minimum Gasteiger partial charge on any atom is -0.347 e. The van der Waals surface area contributed by atoms with Gasteiger partial charge in [0.2, 0.25) is 5.91 Å². The maximum atomic E-state index is 12.3. The number of amides is 1. The topological polar surface area (TPSA) is 87.7 Å². The molecule has 1 aromatic heterocycles. The zero-order chi connectivity index (χ0) is 15.7. The Morgan fingerprint density at radius 3 is 2.59 bits per heavy atom. The maximum absolute atomic E-state index is 12.3. The highest BCUT2D eigenvalue weighted by Gasteiger charge is 2.40. The number of rotatable bonds is 5. The summed E-state index contributed by atoms with van der Waals surface area (Å²) in [7, 11) is 0. The predicted molar refractivity (Wildman–Crippen MR) is 82.3 cm³/mol. The van der Waals surface area contributed by atoms with Crippen molar-refractivity contribution in [2.24, 2.45) is 11.8 Å². The third kappa shape index (κ3) is 3.05. The molecule has 3 unspecified atom stereocenters. The Bertz CT molecular complexity index is 606. The summed E-state index contributed by atoms with van der Waals surface area (Å²) < 4.78 is 0. The molecule has 0 bridgehead atoms. The van der Waals surface area contributed by atoms with E-state index in [-0.39, 0.29) is 23.4 Å². The highest BCUT2D eigenvalue weighted by atomic mass is 16.2. The Morgan fingerprint density at radius 1 is 1.36 bits per heavy atom. The van der Waals surface area contributed by atoms with E-state index in [4.69, 9.17) is 0 Å². The second kappa shape index (κ2) is 6.18. The molecule has 0 saturated heterocycles. The Kier molecular flexibility index (Phi) is 4.27. The van der Waals surface area contributed by atoms with Gasteiger partial charge in [0.1, 0.15) is 5.82 Å². The highest BCUT2D eigenvalue weighted by Crippen LogP contribution is 2.38. The third-order valence-corrected chi connectivity index (χ3v) is 4.98. The second-order valence-electron chi connectivity index (χ2n) is 6.69. The van der Waals surface area contributed by atoms with E-state index in [0.29, 0.717) is 29.8 Å². The van der Waals surface area contributed by atoms with E-state index in [1.807, 2.05) is 6.92 Å². The molecule has 2 N–H and O–H groups in total. The Labute approximate surface area is 130 Å². The number of aromatic amines is 1.